The third kappa shape index (κ3) is 1.34. The van der Waals surface area contributed by atoms with Crippen LogP contribution in [0.2, 0.25) is 0 Å². The van der Waals surface area contributed by atoms with E-state index < -0.39 is 0 Å². The molecule has 1 aliphatic heterocycles. The Hall–Kier alpha value is -0.890. The fraction of sp³-hybridized carbons (Fsp3) is 0.333. The Morgan fingerprint density at radius 2 is 2.25 bits per heavy atom. The Balaban J connectivity index is 0.000000720. The number of hydrogen-bond acceptors (Lipinski definition) is 2. The van der Waals surface area contributed by atoms with Crippen molar-refractivity contribution in [1.82, 2.24) is 0 Å². The molecule has 1 aliphatic rings. The first kappa shape index (κ1) is 9.20. The summed E-state index contributed by atoms with van der Waals surface area (Å²) >= 11 is 0. The lowest BCUT2D eigenvalue weighted by molar-refractivity contribution is 0.839. The van der Waals surface area contributed by atoms with Crippen molar-refractivity contribution in [2.75, 3.05) is 11.1 Å². The van der Waals surface area contributed by atoms with Gasteiger partial charge in [0.25, 0.3) is 0 Å². The zero-order valence-electron chi connectivity index (χ0n) is 7.00. The second-order valence-electron chi connectivity index (χ2n) is 3.13. The Morgan fingerprint density at radius 3 is 2.92 bits per heavy atom. The fourth-order valence-electron chi connectivity index (χ4n) is 1.59. The maximum atomic E-state index is 5.77. The van der Waals surface area contributed by atoms with E-state index in [2.05, 4.69) is 18.3 Å². The summed E-state index contributed by atoms with van der Waals surface area (Å²) in [5, 5.41) is 3.34. The smallest absolute Gasteiger partial charge is 0.0609 e. The van der Waals surface area contributed by atoms with Gasteiger partial charge in [-0.2, -0.15) is 0 Å². The molecule has 0 fully saturated rings. The van der Waals surface area contributed by atoms with Gasteiger partial charge >= 0.3 is 0 Å². The van der Waals surface area contributed by atoms with Crippen molar-refractivity contribution in [3.05, 3.63) is 23.8 Å². The summed E-state index contributed by atoms with van der Waals surface area (Å²) in [7, 11) is 0. The Kier molecular flexibility index (Phi) is 2.48. The molecule has 0 amide bonds. The van der Waals surface area contributed by atoms with Gasteiger partial charge in [-0.3, -0.25) is 0 Å². The summed E-state index contributed by atoms with van der Waals surface area (Å²) in [5.74, 6) is 0. The molecule has 0 aliphatic carbocycles. The standard InChI is InChI=1S/C9H12N2.ClH/c1-6-5-7-3-2-4-8(10)9(7)11-6;/h2-4,6,11H,5,10H2,1H3;1H. The minimum absolute atomic E-state index is 0. The number of nitrogens with one attached hydrogen (secondary N) is 1. The number of nitrogen functional groups attached to an aromatic ring is 1. The molecule has 3 N–H and O–H groups in total. The predicted octanol–water partition coefficient (Wildman–Crippen LogP) is 2.05. The van der Waals surface area contributed by atoms with Crippen LogP contribution < -0.4 is 11.1 Å². The molecule has 0 bridgehead atoms. The molecule has 0 spiro atoms. The highest BCUT2D eigenvalue weighted by molar-refractivity contribution is 5.85. The summed E-state index contributed by atoms with van der Waals surface area (Å²) in [4.78, 5) is 0. The predicted molar refractivity (Wildman–Crippen MR) is 54.9 cm³/mol. The van der Waals surface area contributed by atoms with E-state index in [1.165, 1.54) is 5.56 Å². The van der Waals surface area contributed by atoms with Crippen LogP contribution in [0.1, 0.15) is 12.5 Å². The molecule has 0 radical (unpaired) electrons. The molecule has 0 aromatic heterocycles. The van der Waals surface area contributed by atoms with Crippen molar-refractivity contribution in [1.29, 1.82) is 0 Å². The van der Waals surface area contributed by atoms with Crippen molar-refractivity contribution < 1.29 is 0 Å². The Morgan fingerprint density at radius 1 is 1.50 bits per heavy atom. The highest BCUT2D eigenvalue weighted by atomic mass is 35.5. The van der Waals surface area contributed by atoms with E-state index in [4.69, 9.17) is 5.73 Å². The first-order valence-electron chi connectivity index (χ1n) is 3.91. The number of para-hydroxylation sites is 1. The third-order valence-electron chi connectivity index (χ3n) is 2.10. The number of anilines is 2. The van der Waals surface area contributed by atoms with Gasteiger partial charge < -0.3 is 11.1 Å². The van der Waals surface area contributed by atoms with E-state index in [1.54, 1.807) is 0 Å². The number of benzene rings is 1. The van der Waals surface area contributed by atoms with Gasteiger partial charge in [-0.1, -0.05) is 12.1 Å². The molecule has 66 valence electrons. The maximum Gasteiger partial charge on any atom is 0.0609 e. The van der Waals surface area contributed by atoms with E-state index in [-0.39, 0.29) is 12.4 Å². The zero-order valence-corrected chi connectivity index (χ0v) is 7.82. The number of halogens is 1. The third-order valence-corrected chi connectivity index (χ3v) is 2.10. The van der Waals surface area contributed by atoms with Gasteiger partial charge in [0, 0.05) is 6.04 Å². The highest BCUT2D eigenvalue weighted by Gasteiger charge is 2.17. The van der Waals surface area contributed by atoms with Crippen LogP contribution in [0.25, 0.3) is 0 Å². The summed E-state index contributed by atoms with van der Waals surface area (Å²) in [6, 6.07) is 6.61. The van der Waals surface area contributed by atoms with Gasteiger partial charge in [0.05, 0.1) is 11.4 Å². The van der Waals surface area contributed by atoms with Crippen LogP contribution in [-0.2, 0) is 6.42 Å². The van der Waals surface area contributed by atoms with Crippen molar-refractivity contribution in [2.45, 2.75) is 19.4 Å². The number of nitrogens with two attached hydrogens (primary N) is 1. The molecule has 0 saturated heterocycles. The SMILES string of the molecule is CC1Cc2cccc(N)c2N1.Cl. The van der Waals surface area contributed by atoms with Gasteiger partial charge in [-0.15, -0.1) is 12.4 Å². The normalized spacial score (nSPS) is 19.2. The number of rotatable bonds is 0. The lowest BCUT2D eigenvalue weighted by Gasteiger charge is -2.04. The molecule has 12 heavy (non-hydrogen) atoms. The lowest BCUT2D eigenvalue weighted by Crippen LogP contribution is -2.09. The van der Waals surface area contributed by atoms with E-state index in [0.717, 1.165) is 17.8 Å². The highest BCUT2D eigenvalue weighted by Crippen LogP contribution is 2.30. The maximum absolute atomic E-state index is 5.77. The zero-order chi connectivity index (χ0) is 7.84. The van der Waals surface area contributed by atoms with Crippen molar-refractivity contribution >= 4 is 23.8 Å². The molecule has 1 aromatic rings. The lowest BCUT2D eigenvalue weighted by atomic mass is 10.1. The fourth-order valence-corrected chi connectivity index (χ4v) is 1.59. The van der Waals surface area contributed by atoms with Crippen molar-refractivity contribution in [3.63, 3.8) is 0 Å². The topological polar surface area (TPSA) is 38.0 Å². The molecular weight excluding hydrogens is 172 g/mol. The molecule has 3 heteroatoms. The second-order valence-corrected chi connectivity index (χ2v) is 3.13. The average Bonchev–Trinajstić information content (AvgIpc) is 2.31. The second kappa shape index (κ2) is 3.23. The van der Waals surface area contributed by atoms with Crippen LogP contribution in [0, 0.1) is 0 Å². The minimum Gasteiger partial charge on any atom is -0.397 e. The number of hydrogen-bond donors (Lipinski definition) is 2. The Bertz CT molecular complexity index is 286. The largest absolute Gasteiger partial charge is 0.397 e. The molecule has 1 aromatic carbocycles. The van der Waals surface area contributed by atoms with E-state index >= 15 is 0 Å². The van der Waals surface area contributed by atoms with Crippen LogP contribution in [0.4, 0.5) is 11.4 Å². The Labute approximate surface area is 78.6 Å². The summed E-state index contributed by atoms with van der Waals surface area (Å²) in [6.45, 7) is 2.17. The van der Waals surface area contributed by atoms with Crippen LogP contribution >= 0.6 is 12.4 Å². The van der Waals surface area contributed by atoms with Crippen LogP contribution in [0.5, 0.6) is 0 Å². The first-order valence-corrected chi connectivity index (χ1v) is 3.91. The molecule has 2 rings (SSSR count). The average molecular weight is 185 g/mol. The van der Waals surface area contributed by atoms with Gasteiger partial charge in [0.2, 0.25) is 0 Å². The van der Waals surface area contributed by atoms with Crippen molar-refractivity contribution in [3.8, 4) is 0 Å². The molecule has 2 nitrogen and oxygen atoms in total. The van der Waals surface area contributed by atoms with Gasteiger partial charge in [0.1, 0.15) is 0 Å². The van der Waals surface area contributed by atoms with E-state index in [0.29, 0.717) is 6.04 Å². The van der Waals surface area contributed by atoms with Gasteiger partial charge in [0.15, 0.2) is 0 Å². The van der Waals surface area contributed by atoms with E-state index in [9.17, 15) is 0 Å². The van der Waals surface area contributed by atoms with Gasteiger partial charge in [-0.05, 0) is 25.0 Å². The summed E-state index contributed by atoms with van der Waals surface area (Å²) < 4.78 is 0. The van der Waals surface area contributed by atoms with Gasteiger partial charge in [-0.25, -0.2) is 0 Å². The van der Waals surface area contributed by atoms with E-state index in [1.807, 2.05) is 12.1 Å². The van der Waals surface area contributed by atoms with Crippen LogP contribution in [0.15, 0.2) is 18.2 Å². The first-order chi connectivity index (χ1) is 5.27. The molecular formula is C9H13ClN2. The molecule has 1 heterocycles. The van der Waals surface area contributed by atoms with Crippen LogP contribution in [0.3, 0.4) is 0 Å². The quantitative estimate of drug-likeness (QED) is 0.606. The monoisotopic (exact) mass is 184 g/mol. The molecule has 1 atom stereocenters. The summed E-state index contributed by atoms with van der Waals surface area (Å²) in [6.07, 6.45) is 1.10. The summed E-state index contributed by atoms with van der Waals surface area (Å²) in [5.41, 5.74) is 9.12. The molecule has 1 unspecified atom stereocenters. The molecule has 0 saturated carbocycles. The number of fused-ring (bicyclic) bond motifs is 1. The van der Waals surface area contributed by atoms with Crippen LogP contribution in [-0.4, -0.2) is 6.04 Å². The van der Waals surface area contributed by atoms with Crippen molar-refractivity contribution in [2.24, 2.45) is 0 Å². The minimum atomic E-state index is 0.